The highest BCUT2D eigenvalue weighted by molar-refractivity contribution is 5.60. The summed E-state index contributed by atoms with van der Waals surface area (Å²) in [6.45, 7) is 3.76. The highest BCUT2D eigenvalue weighted by atomic mass is 19.1. The SMILES string of the molecule is CCC(CC)(c1cc(N)c(O)c(F)c1)c1cc(N)c(O)c(F)c1. The fraction of sp³-hybridized carbons (Fsp3) is 0.294. The predicted octanol–water partition coefficient (Wildman–Crippen LogP) is 3.65. The van der Waals surface area contributed by atoms with Crippen molar-refractivity contribution in [2.24, 2.45) is 0 Å². The fourth-order valence-corrected chi connectivity index (χ4v) is 3.03. The van der Waals surface area contributed by atoms with Gasteiger partial charge < -0.3 is 21.7 Å². The van der Waals surface area contributed by atoms with Gasteiger partial charge in [0.2, 0.25) is 0 Å². The zero-order valence-electron chi connectivity index (χ0n) is 13.0. The summed E-state index contributed by atoms with van der Waals surface area (Å²) < 4.78 is 27.8. The molecular formula is C17H20F2N2O2. The van der Waals surface area contributed by atoms with Crippen LogP contribution >= 0.6 is 0 Å². The minimum atomic E-state index is -0.835. The molecule has 0 atom stereocenters. The van der Waals surface area contributed by atoms with Gasteiger partial charge in [-0.2, -0.15) is 0 Å². The van der Waals surface area contributed by atoms with Crippen LogP contribution in [0.25, 0.3) is 0 Å². The number of nitrogens with two attached hydrogens (primary N) is 2. The van der Waals surface area contributed by atoms with Gasteiger partial charge in [-0.05, 0) is 48.2 Å². The van der Waals surface area contributed by atoms with Crippen molar-refractivity contribution in [1.29, 1.82) is 0 Å². The molecule has 0 fully saturated rings. The molecule has 0 amide bonds. The topological polar surface area (TPSA) is 92.5 Å². The Morgan fingerprint density at radius 2 is 1.17 bits per heavy atom. The van der Waals surface area contributed by atoms with Crippen molar-refractivity contribution in [3.63, 3.8) is 0 Å². The van der Waals surface area contributed by atoms with Crippen LogP contribution in [0.15, 0.2) is 24.3 Å². The Kier molecular flexibility index (Phi) is 4.36. The van der Waals surface area contributed by atoms with Crippen LogP contribution in [0.2, 0.25) is 0 Å². The van der Waals surface area contributed by atoms with Gasteiger partial charge in [0, 0.05) is 5.41 Å². The van der Waals surface area contributed by atoms with Crippen molar-refractivity contribution < 1.29 is 19.0 Å². The first-order valence-corrected chi connectivity index (χ1v) is 7.33. The molecule has 0 spiro atoms. The van der Waals surface area contributed by atoms with E-state index in [1.165, 1.54) is 24.3 Å². The van der Waals surface area contributed by atoms with E-state index in [0.29, 0.717) is 24.0 Å². The number of hydrogen-bond donors (Lipinski definition) is 4. The number of rotatable bonds is 4. The van der Waals surface area contributed by atoms with Crippen molar-refractivity contribution in [1.82, 2.24) is 0 Å². The molecule has 6 N–H and O–H groups in total. The second-order valence-corrected chi connectivity index (χ2v) is 5.58. The zero-order valence-corrected chi connectivity index (χ0v) is 13.0. The summed E-state index contributed by atoms with van der Waals surface area (Å²) in [7, 11) is 0. The molecule has 0 saturated heterocycles. The van der Waals surface area contributed by atoms with Crippen LogP contribution in [0.5, 0.6) is 11.5 Å². The Morgan fingerprint density at radius 3 is 1.43 bits per heavy atom. The number of anilines is 2. The van der Waals surface area contributed by atoms with Gasteiger partial charge in [-0.25, -0.2) is 8.78 Å². The number of benzene rings is 2. The summed E-state index contributed by atoms with van der Waals surface area (Å²) in [4.78, 5) is 0. The smallest absolute Gasteiger partial charge is 0.174 e. The molecule has 6 heteroatoms. The summed E-state index contributed by atoms with van der Waals surface area (Å²) in [5.41, 5.74) is 11.4. The lowest BCUT2D eigenvalue weighted by Crippen LogP contribution is -2.27. The Hall–Kier alpha value is -2.50. The van der Waals surface area contributed by atoms with Gasteiger partial charge in [-0.3, -0.25) is 0 Å². The molecule has 2 aromatic carbocycles. The monoisotopic (exact) mass is 322 g/mol. The number of aromatic hydroxyl groups is 2. The quantitative estimate of drug-likeness (QED) is 0.511. The maximum atomic E-state index is 13.9. The zero-order chi connectivity index (χ0) is 17.4. The Morgan fingerprint density at radius 1 is 0.826 bits per heavy atom. The van der Waals surface area contributed by atoms with Gasteiger partial charge in [0.15, 0.2) is 23.1 Å². The van der Waals surface area contributed by atoms with E-state index in [1.54, 1.807) is 0 Å². The lowest BCUT2D eigenvalue weighted by molar-refractivity contribution is 0.423. The second-order valence-electron chi connectivity index (χ2n) is 5.58. The van der Waals surface area contributed by atoms with Gasteiger partial charge in [0.05, 0.1) is 11.4 Å². The molecule has 124 valence electrons. The largest absolute Gasteiger partial charge is 0.503 e. The lowest BCUT2D eigenvalue weighted by Gasteiger charge is -2.34. The third-order valence-corrected chi connectivity index (χ3v) is 4.50. The van der Waals surface area contributed by atoms with Crippen molar-refractivity contribution >= 4 is 11.4 Å². The van der Waals surface area contributed by atoms with Crippen LogP contribution in [-0.4, -0.2) is 10.2 Å². The van der Waals surface area contributed by atoms with E-state index in [4.69, 9.17) is 11.5 Å². The third-order valence-electron chi connectivity index (χ3n) is 4.50. The molecule has 0 unspecified atom stereocenters. The van der Waals surface area contributed by atoms with Crippen molar-refractivity contribution in [2.45, 2.75) is 32.1 Å². The van der Waals surface area contributed by atoms with E-state index in [9.17, 15) is 19.0 Å². The van der Waals surface area contributed by atoms with Crippen molar-refractivity contribution in [2.75, 3.05) is 11.5 Å². The Bertz CT molecular complexity index is 638. The minimum Gasteiger partial charge on any atom is -0.503 e. The molecule has 4 nitrogen and oxygen atoms in total. The molecule has 2 aromatic rings. The number of phenolic OH excluding ortho intramolecular Hbond substituents is 2. The second kappa shape index (κ2) is 5.95. The van der Waals surface area contributed by atoms with Crippen molar-refractivity contribution in [3.8, 4) is 11.5 Å². The van der Waals surface area contributed by atoms with Crippen LogP contribution in [0, 0.1) is 11.6 Å². The fourth-order valence-electron chi connectivity index (χ4n) is 3.03. The van der Waals surface area contributed by atoms with Gasteiger partial charge in [0.1, 0.15) is 0 Å². The van der Waals surface area contributed by atoms with E-state index in [1.807, 2.05) is 13.8 Å². The van der Waals surface area contributed by atoms with Crippen molar-refractivity contribution in [3.05, 3.63) is 47.0 Å². The third kappa shape index (κ3) is 2.65. The average Bonchev–Trinajstić information content (AvgIpc) is 2.51. The molecule has 2 rings (SSSR count). The van der Waals surface area contributed by atoms with Crippen LogP contribution in [-0.2, 0) is 5.41 Å². The summed E-state index contributed by atoms with van der Waals surface area (Å²) in [5.74, 6) is -2.88. The highest BCUT2D eigenvalue weighted by Crippen LogP contribution is 2.43. The van der Waals surface area contributed by atoms with Crippen LogP contribution in [0.3, 0.4) is 0 Å². The summed E-state index contributed by atoms with van der Waals surface area (Å²) in [6.07, 6.45) is 1.05. The number of halogens is 2. The molecule has 0 bridgehead atoms. The number of nitrogen functional groups attached to an aromatic ring is 2. The number of phenols is 2. The molecular weight excluding hydrogens is 302 g/mol. The van der Waals surface area contributed by atoms with E-state index >= 15 is 0 Å². The van der Waals surface area contributed by atoms with Gasteiger partial charge in [-0.1, -0.05) is 13.8 Å². The summed E-state index contributed by atoms with van der Waals surface area (Å²) in [6, 6.07) is 5.35. The molecule has 23 heavy (non-hydrogen) atoms. The number of hydrogen-bond acceptors (Lipinski definition) is 4. The van der Waals surface area contributed by atoms with Crippen LogP contribution in [0.4, 0.5) is 20.2 Å². The van der Waals surface area contributed by atoms with Gasteiger partial charge in [-0.15, -0.1) is 0 Å². The molecule has 0 aromatic heterocycles. The molecule has 0 aliphatic rings. The van der Waals surface area contributed by atoms with E-state index in [-0.39, 0.29) is 11.4 Å². The first-order valence-electron chi connectivity index (χ1n) is 7.33. The first-order chi connectivity index (χ1) is 10.8. The van der Waals surface area contributed by atoms with Crippen LogP contribution < -0.4 is 11.5 Å². The van der Waals surface area contributed by atoms with Crippen LogP contribution in [0.1, 0.15) is 37.8 Å². The maximum absolute atomic E-state index is 13.9. The maximum Gasteiger partial charge on any atom is 0.174 e. The Balaban J connectivity index is 2.74. The molecule has 0 radical (unpaired) electrons. The minimum absolute atomic E-state index is 0.0847. The van der Waals surface area contributed by atoms with E-state index in [2.05, 4.69) is 0 Å². The first kappa shape index (κ1) is 16.9. The van der Waals surface area contributed by atoms with E-state index in [0.717, 1.165) is 0 Å². The summed E-state index contributed by atoms with van der Waals surface area (Å²) >= 11 is 0. The predicted molar refractivity (Wildman–Crippen MR) is 86.3 cm³/mol. The lowest BCUT2D eigenvalue weighted by atomic mass is 9.70. The standard InChI is InChI=1S/C17H20F2N2O2/c1-3-17(4-2,9-5-11(18)15(22)13(20)7-9)10-6-12(19)16(23)14(21)8-10/h5-8,22-23H,3-4,20-21H2,1-2H3. The average molecular weight is 322 g/mol. The summed E-state index contributed by atoms with van der Waals surface area (Å²) in [5, 5.41) is 19.0. The Labute approximate surface area is 133 Å². The highest BCUT2D eigenvalue weighted by Gasteiger charge is 2.33. The van der Waals surface area contributed by atoms with E-state index < -0.39 is 28.5 Å². The normalized spacial score (nSPS) is 11.7. The molecule has 0 aliphatic carbocycles. The van der Waals surface area contributed by atoms with Gasteiger partial charge in [0.25, 0.3) is 0 Å². The van der Waals surface area contributed by atoms with Gasteiger partial charge >= 0.3 is 0 Å². The molecule has 0 aliphatic heterocycles. The molecule has 0 heterocycles. The molecule has 0 saturated carbocycles.